The van der Waals surface area contributed by atoms with Gasteiger partial charge in [0, 0.05) is 0 Å². The highest BCUT2D eigenvalue weighted by atomic mass is 16.3. The maximum Gasteiger partial charge on any atom is 0.0840 e. The van der Waals surface area contributed by atoms with Crippen LogP contribution in [0, 0.1) is 0 Å². The first-order valence-electron chi connectivity index (χ1n) is 6.20. The van der Waals surface area contributed by atoms with Gasteiger partial charge in [-0.05, 0) is 47.0 Å². The Labute approximate surface area is 107 Å². The first kappa shape index (κ1) is 11.2. The number of benzene rings is 3. The molecule has 0 unspecified atom stereocenters. The monoisotopic (exact) mass is 236 g/mol. The molecule has 0 bridgehead atoms. The third-order valence-electron chi connectivity index (χ3n) is 3.45. The molecule has 0 aliphatic rings. The summed E-state index contributed by atoms with van der Waals surface area (Å²) in [6.07, 6.45) is 0. The van der Waals surface area contributed by atoms with Crippen LogP contribution >= 0.6 is 0 Å². The highest BCUT2D eigenvalue weighted by Gasteiger charge is 2.16. The first-order chi connectivity index (χ1) is 8.55. The van der Waals surface area contributed by atoms with Crippen molar-refractivity contribution < 1.29 is 5.11 Å². The Balaban J connectivity index is 2.35. The number of rotatable bonds is 1. The van der Waals surface area contributed by atoms with Gasteiger partial charge in [0.15, 0.2) is 0 Å². The van der Waals surface area contributed by atoms with E-state index in [9.17, 15) is 5.11 Å². The average molecular weight is 236 g/mol. The van der Waals surface area contributed by atoms with Crippen LogP contribution in [0.3, 0.4) is 0 Å². The zero-order valence-electron chi connectivity index (χ0n) is 10.6. The molecule has 1 N–H and O–H groups in total. The van der Waals surface area contributed by atoms with Gasteiger partial charge >= 0.3 is 0 Å². The summed E-state index contributed by atoms with van der Waals surface area (Å²) in [4.78, 5) is 0. The topological polar surface area (TPSA) is 20.2 Å². The quantitative estimate of drug-likeness (QED) is 0.627. The standard InChI is InChI=1S/C17H16O/c1-17(2,18)14-9-10-16-13(11-14)8-7-12-5-3-4-6-15(12)16/h3-11,18H,1-2H3. The molecule has 90 valence electrons. The van der Waals surface area contributed by atoms with E-state index in [1.807, 2.05) is 19.9 Å². The molecule has 0 heterocycles. The molecule has 3 aromatic rings. The lowest BCUT2D eigenvalue weighted by atomic mass is 9.94. The van der Waals surface area contributed by atoms with E-state index in [1.54, 1.807) is 0 Å². The van der Waals surface area contributed by atoms with Crippen molar-refractivity contribution in [3.63, 3.8) is 0 Å². The van der Waals surface area contributed by atoms with Crippen molar-refractivity contribution in [2.45, 2.75) is 19.4 Å². The third-order valence-corrected chi connectivity index (χ3v) is 3.45. The maximum absolute atomic E-state index is 10.1. The smallest absolute Gasteiger partial charge is 0.0840 e. The Hall–Kier alpha value is -1.86. The molecule has 0 amide bonds. The van der Waals surface area contributed by atoms with Crippen LogP contribution in [0.1, 0.15) is 19.4 Å². The highest BCUT2D eigenvalue weighted by molar-refractivity contribution is 6.07. The molecular formula is C17H16O. The van der Waals surface area contributed by atoms with Crippen molar-refractivity contribution in [2.24, 2.45) is 0 Å². The predicted octanol–water partition coefficient (Wildman–Crippen LogP) is 4.22. The van der Waals surface area contributed by atoms with Crippen LogP contribution in [0.2, 0.25) is 0 Å². The largest absolute Gasteiger partial charge is 0.386 e. The van der Waals surface area contributed by atoms with Gasteiger partial charge in [-0.1, -0.05) is 48.5 Å². The van der Waals surface area contributed by atoms with E-state index in [0.29, 0.717) is 0 Å². The molecule has 1 nitrogen and oxygen atoms in total. The number of hydrogen-bond donors (Lipinski definition) is 1. The molecule has 18 heavy (non-hydrogen) atoms. The fourth-order valence-electron chi connectivity index (χ4n) is 2.39. The van der Waals surface area contributed by atoms with Crippen molar-refractivity contribution in [3.05, 3.63) is 60.2 Å². The van der Waals surface area contributed by atoms with Crippen molar-refractivity contribution in [1.82, 2.24) is 0 Å². The Morgan fingerprint density at radius 1 is 0.778 bits per heavy atom. The zero-order valence-corrected chi connectivity index (χ0v) is 10.6. The average Bonchev–Trinajstić information content (AvgIpc) is 2.37. The van der Waals surface area contributed by atoms with Gasteiger partial charge in [0.2, 0.25) is 0 Å². The number of aliphatic hydroxyl groups is 1. The molecule has 0 atom stereocenters. The second kappa shape index (κ2) is 3.82. The van der Waals surface area contributed by atoms with E-state index in [-0.39, 0.29) is 0 Å². The summed E-state index contributed by atoms with van der Waals surface area (Å²) < 4.78 is 0. The molecular weight excluding hydrogens is 220 g/mol. The first-order valence-corrected chi connectivity index (χ1v) is 6.20. The van der Waals surface area contributed by atoms with Crippen molar-refractivity contribution in [3.8, 4) is 0 Å². The summed E-state index contributed by atoms with van der Waals surface area (Å²) in [5.41, 5.74) is 0.158. The Morgan fingerprint density at radius 2 is 1.44 bits per heavy atom. The highest BCUT2D eigenvalue weighted by Crippen LogP contribution is 2.29. The molecule has 0 radical (unpaired) electrons. The molecule has 0 aliphatic heterocycles. The molecule has 0 spiro atoms. The van der Waals surface area contributed by atoms with Crippen molar-refractivity contribution in [1.29, 1.82) is 0 Å². The summed E-state index contributed by atoms with van der Waals surface area (Å²) in [6, 6.07) is 18.8. The second-order valence-corrected chi connectivity index (χ2v) is 5.28. The van der Waals surface area contributed by atoms with Crippen LogP contribution in [0.4, 0.5) is 0 Å². The molecule has 0 saturated heterocycles. The minimum Gasteiger partial charge on any atom is -0.386 e. The molecule has 0 aromatic heterocycles. The maximum atomic E-state index is 10.1. The Kier molecular flexibility index (Phi) is 2.39. The SMILES string of the molecule is CC(C)(O)c1ccc2c(ccc3ccccc32)c1. The molecule has 3 rings (SSSR count). The van der Waals surface area contributed by atoms with Gasteiger partial charge in [-0.3, -0.25) is 0 Å². The van der Waals surface area contributed by atoms with Gasteiger partial charge in [-0.25, -0.2) is 0 Å². The van der Waals surface area contributed by atoms with Crippen LogP contribution in [0.5, 0.6) is 0 Å². The fourth-order valence-corrected chi connectivity index (χ4v) is 2.39. The van der Waals surface area contributed by atoms with Crippen molar-refractivity contribution in [2.75, 3.05) is 0 Å². The van der Waals surface area contributed by atoms with Gasteiger partial charge in [-0.15, -0.1) is 0 Å². The fraction of sp³-hybridized carbons (Fsp3) is 0.176. The van der Waals surface area contributed by atoms with E-state index in [0.717, 1.165) is 5.56 Å². The Morgan fingerprint density at radius 3 is 2.22 bits per heavy atom. The summed E-state index contributed by atoms with van der Waals surface area (Å²) in [7, 11) is 0. The third kappa shape index (κ3) is 1.77. The van der Waals surface area contributed by atoms with Crippen molar-refractivity contribution >= 4 is 21.5 Å². The Bertz CT molecular complexity index is 720. The predicted molar refractivity (Wildman–Crippen MR) is 76.7 cm³/mol. The van der Waals surface area contributed by atoms with Gasteiger partial charge in [0.05, 0.1) is 5.60 Å². The lowest BCUT2D eigenvalue weighted by molar-refractivity contribution is 0.0787. The lowest BCUT2D eigenvalue weighted by Gasteiger charge is -2.18. The van der Waals surface area contributed by atoms with Crippen LogP contribution in [0.15, 0.2) is 54.6 Å². The van der Waals surface area contributed by atoms with E-state index in [2.05, 4.69) is 48.5 Å². The van der Waals surface area contributed by atoms with Crippen LogP contribution in [0.25, 0.3) is 21.5 Å². The van der Waals surface area contributed by atoms with Crippen LogP contribution < -0.4 is 0 Å². The summed E-state index contributed by atoms with van der Waals surface area (Å²) in [5, 5.41) is 15.0. The van der Waals surface area contributed by atoms with Gasteiger partial charge in [-0.2, -0.15) is 0 Å². The molecule has 0 aliphatic carbocycles. The summed E-state index contributed by atoms with van der Waals surface area (Å²) in [5.74, 6) is 0. The van der Waals surface area contributed by atoms with E-state index < -0.39 is 5.60 Å². The van der Waals surface area contributed by atoms with Gasteiger partial charge in [0.25, 0.3) is 0 Å². The van der Waals surface area contributed by atoms with Crippen LogP contribution in [-0.2, 0) is 5.60 Å². The summed E-state index contributed by atoms with van der Waals surface area (Å²) in [6.45, 7) is 3.63. The molecule has 0 saturated carbocycles. The van der Waals surface area contributed by atoms with Crippen LogP contribution in [-0.4, -0.2) is 5.11 Å². The molecule has 1 heteroatoms. The lowest BCUT2D eigenvalue weighted by Crippen LogP contribution is -2.14. The van der Waals surface area contributed by atoms with Gasteiger partial charge in [0.1, 0.15) is 0 Å². The normalized spacial score (nSPS) is 12.2. The second-order valence-electron chi connectivity index (χ2n) is 5.28. The minimum absolute atomic E-state index is 0.792. The summed E-state index contributed by atoms with van der Waals surface area (Å²) >= 11 is 0. The molecule has 3 aromatic carbocycles. The minimum atomic E-state index is -0.792. The number of fused-ring (bicyclic) bond motifs is 3. The zero-order chi connectivity index (χ0) is 12.8. The van der Waals surface area contributed by atoms with E-state index in [4.69, 9.17) is 0 Å². The molecule has 0 fully saturated rings. The van der Waals surface area contributed by atoms with Gasteiger partial charge < -0.3 is 5.11 Å². The number of hydrogen-bond acceptors (Lipinski definition) is 1. The van der Waals surface area contributed by atoms with E-state index in [1.165, 1.54) is 21.5 Å². The van der Waals surface area contributed by atoms with E-state index >= 15 is 0 Å².